The van der Waals surface area contributed by atoms with Crippen LogP contribution in [0.25, 0.3) is 0 Å². The number of fused-ring (bicyclic) bond motifs is 1. The van der Waals surface area contributed by atoms with Gasteiger partial charge in [0.05, 0.1) is 0 Å². The SMILES string of the molecule is C=C[C@@]1(C)CC(=O)[C@@H]2OC(C)(C)O[C@@H]21. The van der Waals surface area contributed by atoms with Gasteiger partial charge in [-0.15, -0.1) is 6.58 Å². The van der Waals surface area contributed by atoms with Gasteiger partial charge < -0.3 is 9.47 Å². The lowest BCUT2D eigenvalue weighted by molar-refractivity contribution is -0.166. The minimum absolute atomic E-state index is 0.128. The monoisotopic (exact) mass is 196 g/mol. The maximum atomic E-state index is 11.7. The number of carbonyl (C=O) groups excluding carboxylic acids is 1. The molecule has 2 fully saturated rings. The number of rotatable bonds is 1. The highest BCUT2D eigenvalue weighted by Crippen LogP contribution is 2.47. The summed E-state index contributed by atoms with van der Waals surface area (Å²) in [4.78, 5) is 11.7. The fourth-order valence-electron chi connectivity index (χ4n) is 2.24. The van der Waals surface area contributed by atoms with Gasteiger partial charge in [-0.05, 0) is 13.8 Å². The summed E-state index contributed by atoms with van der Waals surface area (Å²) in [7, 11) is 0. The first-order valence-corrected chi connectivity index (χ1v) is 4.90. The smallest absolute Gasteiger partial charge is 0.165 e. The van der Waals surface area contributed by atoms with Crippen molar-refractivity contribution in [2.75, 3.05) is 0 Å². The van der Waals surface area contributed by atoms with E-state index >= 15 is 0 Å². The van der Waals surface area contributed by atoms with Crippen molar-refractivity contribution in [1.29, 1.82) is 0 Å². The summed E-state index contributed by atoms with van der Waals surface area (Å²) in [6.07, 6.45) is 1.72. The minimum Gasteiger partial charge on any atom is -0.343 e. The Morgan fingerprint density at radius 2 is 2.07 bits per heavy atom. The number of ketones is 1. The second-order valence-electron chi connectivity index (χ2n) is 4.83. The molecule has 1 heterocycles. The van der Waals surface area contributed by atoms with Gasteiger partial charge in [-0.3, -0.25) is 4.79 Å². The summed E-state index contributed by atoms with van der Waals surface area (Å²) in [5.41, 5.74) is -0.268. The van der Waals surface area contributed by atoms with E-state index in [1.54, 1.807) is 6.08 Å². The Labute approximate surface area is 84.1 Å². The standard InChI is InChI=1S/C11H16O3/c1-5-11(4)6-7(12)8-9(11)14-10(2,3)13-8/h5,8-9H,1,6H2,2-4H3/t8-,9-,11-/m0/s1. The molecule has 0 aromatic heterocycles. The van der Waals surface area contributed by atoms with Gasteiger partial charge in [0.2, 0.25) is 0 Å². The molecule has 3 nitrogen and oxygen atoms in total. The number of carbonyl (C=O) groups is 1. The van der Waals surface area contributed by atoms with Crippen LogP contribution >= 0.6 is 0 Å². The third-order valence-electron chi connectivity index (χ3n) is 3.09. The van der Waals surface area contributed by atoms with E-state index in [0.717, 1.165) is 0 Å². The van der Waals surface area contributed by atoms with Crippen molar-refractivity contribution in [3.63, 3.8) is 0 Å². The van der Waals surface area contributed by atoms with E-state index in [0.29, 0.717) is 6.42 Å². The molecule has 78 valence electrons. The van der Waals surface area contributed by atoms with Crippen molar-refractivity contribution in [3.8, 4) is 0 Å². The molecule has 0 radical (unpaired) electrons. The van der Waals surface area contributed by atoms with Crippen molar-refractivity contribution >= 4 is 5.78 Å². The largest absolute Gasteiger partial charge is 0.343 e. The van der Waals surface area contributed by atoms with Gasteiger partial charge in [0.15, 0.2) is 11.6 Å². The zero-order chi connectivity index (χ0) is 10.6. The van der Waals surface area contributed by atoms with Gasteiger partial charge in [0.25, 0.3) is 0 Å². The summed E-state index contributed by atoms with van der Waals surface area (Å²) in [5.74, 6) is -0.515. The Bertz CT molecular complexity index is 295. The molecule has 1 aliphatic carbocycles. The Kier molecular flexibility index (Phi) is 1.88. The maximum absolute atomic E-state index is 11.7. The first-order valence-electron chi connectivity index (χ1n) is 4.90. The third kappa shape index (κ3) is 1.23. The van der Waals surface area contributed by atoms with Gasteiger partial charge in [-0.2, -0.15) is 0 Å². The lowest BCUT2D eigenvalue weighted by Crippen LogP contribution is -2.31. The average Bonchev–Trinajstić information content (AvgIpc) is 2.50. The maximum Gasteiger partial charge on any atom is 0.165 e. The molecular formula is C11H16O3. The Morgan fingerprint density at radius 3 is 2.64 bits per heavy atom. The summed E-state index contributed by atoms with van der Waals surface area (Å²) in [6, 6.07) is 0. The third-order valence-corrected chi connectivity index (χ3v) is 3.09. The van der Waals surface area contributed by atoms with Crippen LogP contribution in [0.4, 0.5) is 0 Å². The molecule has 2 rings (SSSR count). The van der Waals surface area contributed by atoms with Crippen LogP contribution in [-0.4, -0.2) is 23.8 Å². The normalized spacial score (nSPS) is 45.2. The molecule has 14 heavy (non-hydrogen) atoms. The van der Waals surface area contributed by atoms with E-state index in [1.807, 2.05) is 20.8 Å². The van der Waals surface area contributed by atoms with E-state index in [2.05, 4.69) is 6.58 Å². The van der Waals surface area contributed by atoms with Crippen molar-refractivity contribution in [2.45, 2.75) is 45.2 Å². The molecule has 3 heteroatoms. The highest BCUT2D eigenvalue weighted by Gasteiger charge is 2.58. The molecule has 1 aliphatic heterocycles. The van der Waals surface area contributed by atoms with Crippen LogP contribution < -0.4 is 0 Å². The zero-order valence-electron chi connectivity index (χ0n) is 8.87. The van der Waals surface area contributed by atoms with Crippen LogP contribution in [-0.2, 0) is 14.3 Å². The highest BCUT2D eigenvalue weighted by atomic mass is 16.8. The van der Waals surface area contributed by atoms with E-state index < -0.39 is 11.9 Å². The van der Waals surface area contributed by atoms with Gasteiger partial charge >= 0.3 is 0 Å². The van der Waals surface area contributed by atoms with Crippen molar-refractivity contribution < 1.29 is 14.3 Å². The number of hydrogen-bond donors (Lipinski definition) is 0. The molecule has 1 saturated heterocycles. The van der Waals surface area contributed by atoms with Crippen molar-refractivity contribution in [2.24, 2.45) is 5.41 Å². The van der Waals surface area contributed by atoms with Gasteiger partial charge in [0, 0.05) is 11.8 Å². The summed E-state index contributed by atoms with van der Waals surface area (Å²) in [6.45, 7) is 9.43. The van der Waals surface area contributed by atoms with Gasteiger partial charge in [0.1, 0.15) is 12.2 Å². The summed E-state index contributed by atoms with van der Waals surface area (Å²) in [5, 5.41) is 0. The molecule has 0 aromatic carbocycles. The number of hydrogen-bond acceptors (Lipinski definition) is 3. The van der Waals surface area contributed by atoms with E-state index in [4.69, 9.17) is 9.47 Å². The molecule has 2 aliphatic rings. The zero-order valence-corrected chi connectivity index (χ0v) is 8.87. The fourth-order valence-corrected chi connectivity index (χ4v) is 2.24. The lowest BCUT2D eigenvalue weighted by Gasteiger charge is -2.27. The summed E-state index contributed by atoms with van der Waals surface area (Å²) < 4.78 is 11.3. The Morgan fingerprint density at radius 1 is 1.43 bits per heavy atom. The molecule has 0 aromatic rings. The van der Waals surface area contributed by atoms with E-state index in [9.17, 15) is 4.79 Å². The Balaban J connectivity index is 2.32. The predicted octanol–water partition coefficient (Wildman–Crippen LogP) is 1.67. The van der Waals surface area contributed by atoms with Crippen LogP contribution in [0.5, 0.6) is 0 Å². The van der Waals surface area contributed by atoms with Crippen LogP contribution in [0, 0.1) is 5.41 Å². The predicted molar refractivity (Wildman–Crippen MR) is 51.8 cm³/mol. The molecule has 0 bridgehead atoms. The quantitative estimate of drug-likeness (QED) is 0.598. The Hall–Kier alpha value is -0.670. The molecule has 0 unspecified atom stereocenters. The van der Waals surface area contributed by atoms with Crippen molar-refractivity contribution in [3.05, 3.63) is 12.7 Å². The minimum atomic E-state index is -0.643. The second kappa shape index (κ2) is 2.67. The van der Waals surface area contributed by atoms with E-state index in [-0.39, 0.29) is 17.3 Å². The molecule has 1 saturated carbocycles. The molecule has 0 N–H and O–H groups in total. The van der Waals surface area contributed by atoms with Gasteiger partial charge in [-0.25, -0.2) is 0 Å². The molecular weight excluding hydrogens is 180 g/mol. The highest BCUT2D eigenvalue weighted by molar-refractivity contribution is 5.88. The molecule has 0 spiro atoms. The lowest BCUT2D eigenvalue weighted by atomic mass is 9.86. The van der Waals surface area contributed by atoms with Crippen molar-refractivity contribution in [1.82, 2.24) is 0 Å². The van der Waals surface area contributed by atoms with Crippen LogP contribution in [0.1, 0.15) is 27.2 Å². The van der Waals surface area contributed by atoms with Crippen LogP contribution in [0.3, 0.4) is 0 Å². The fraction of sp³-hybridized carbons (Fsp3) is 0.727. The summed E-state index contributed by atoms with van der Waals surface area (Å²) >= 11 is 0. The molecule has 3 atom stereocenters. The van der Waals surface area contributed by atoms with E-state index in [1.165, 1.54) is 0 Å². The number of ether oxygens (including phenoxy) is 2. The molecule has 0 amide bonds. The first kappa shape index (κ1) is 9.87. The second-order valence-corrected chi connectivity index (χ2v) is 4.83. The number of Topliss-reactive ketones (excluding diaryl/α,β-unsaturated/α-hetero) is 1. The van der Waals surface area contributed by atoms with Crippen LogP contribution in [0.15, 0.2) is 12.7 Å². The van der Waals surface area contributed by atoms with Gasteiger partial charge in [-0.1, -0.05) is 13.0 Å². The topological polar surface area (TPSA) is 35.5 Å². The van der Waals surface area contributed by atoms with Crippen LogP contribution in [0.2, 0.25) is 0 Å². The first-order chi connectivity index (χ1) is 6.38. The average molecular weight is 196 g/mol.